The van der Waals surface area contributed by atoms with Crippen LogP contribution in [-0.2, 0) is 14.9 Å². The molecule has 0 aromatic rings. The van der Waals surface area contributed by atoms with Crippen LogP contribution in [0.1, 0.15) is 13.3 Å². The molecule has 0 aromatic carbocycles. The summed E-state index contributed by atoms with van der Waals surface area (Å²) in [5.74, 6) is -0.596. The third-order valence-electron chi connectivity index (χ3n) is 0.581. The molecule has 56 valence electrons. The Balaban J connectivity index is 3.30. The molecule has 0 unspecified atom stereocenters. The number of ether oxygens (including phenoxy) is 1. The molecule has 0 atom stereocenters. The lowest BCUT2D eigenvalue weighted by Gasteiger charge is -1.96. The van der Waals surface area contributed by atoms with Crippen molar-refractivity contribution in [2.45, 2.75) is 13.3 Å². The van der Waals surface area contributed by atoms with E-state index in [0.717, 1.165) is 6.42 Å². The summed E-state index contributed by atoms with van der Waals surface area (Å²) in [6.45, 7) is 2.21. The van der Waals surface area contributed by atoms with E-state index in [1.807, 2.05) is 6.92 Å². The van der Waals surface area contributed by atoms with Crippen molar-refractivity contribution >= 4 is 10.1 Å². The van der Waals surface area contributed by atoms with E-state index in [1.165, 1.54) is 0 Å². The van der Waals surface area contributed by atoms with Crippen molar-refractivity contribution in [1.82, 2.24) is 0 Å². The number of hydrogen-bond donors (Lipinski definition) is 1. The molecule has 0 heterocycles. The zero-order chi connectivity index (χ0) is 7.33. The average molecular weight is 154 g/mol. The predicted molar refractivity (Wildman–Crippen MR) is 32.7 cm³/mol. The number of hydrogen-bond acceptors (Lipinski definition) is 3. The first-order valence-corrected chi connectivity index (χ1v) is 4.20. The van der Waals surface area contributed by atoms with Gasteiger partial charge in [-0.05, 0) is 6.42 Å². The Labute approximate surface area is 54.6 Å². The first-order chi connectivity index (χ1) is 4.06. The standard InChI is InChI=1S/C4H10O4S/c1-2-3-8-4-9(5,6)7/h2-4H2,1H3,(H,5,6,7). The van der Waals surface area contributed by atoms with Gasteiger partial charge in [-0.15, -0.1) is 0 Å². The molecule has 5 heteroatoms. The van der Waals surface area contributed by atoms with Crippen LogP contribution in [0, 0.1) is 0 Å². The smallest absolute Gasteiger partial charge is 0.289 e. The van der Waals surface area contributed by atoms with Gasteiger partial charge in [-0.25, -0.2) is 0 Å². The lowest BCUT2D eigenvalue weighted by molar-refractivity contribution is 0.171. The van der Waals surface area contributed by atoms with E-state index in [0.29, 0.717) is 6.61 Å². The van der Waals surface area contributed by atoms with Gasteiger partial charge in [-0.2, -0.15) is 8.42 Å². The lowest BCUT2D eigenvalue weighted by Crippen LogP contribution is -2.07. The Morgan fingerprint density at radius 2 is 2.11 bits per heavy atom. The first kappa shape index (κ1) is 8.87. The summed E-state index contributed by atoms with van der Waals surface area (Å²) in [6, 6.07) is 0. The Kier molecular flexibility index (Phi) is 3.76. The normalized spacial score (nSPS) is 11.8. The fourth-order valence-electron chi connectivity index (χ4n) is 0.309. The summed E-state index contributed by atoms with van der Waals surface area (Å²) < 4.78 is 32.5. The summed E-state index contributed by atoms with van der Waals surface area (Å²) in [4.78, 5) is 0. The molecule has 9 heavy (non-hydrogen) atoms. The molecule has 0 amide bonds. The van der Waals surface area contributed by atoms with E-state index in [1.54, 1.807) is 0 Å². The van der Waals surface area contributed by atoms with Crippen LogP contribution in [0.2, 0.25) is 0 Å². The second-order valence-electron chi connectivity index (χ2n) is 1.61. The zero-order valence-corrected chi connectivity index (χ0v) is 6.02. The monoisotopic (exact) mass is 154 g/mol. The van der Waals surface area contributed by atoms with Crippen LogP contribution < -0.4 is 0 Å². The predicted octanol–water partition coefficient (Wildman–Crippen LogP) is 0.258. The highest BCUT2D eigenvalue weighted by Gasteiger charge is 2.01. The Hall–Kier alpha value is -0.130. The van der Waals surface area contributed by atoms with Gasteiger partial charge < -0.3 is 4.74 Å². The highest BCUT2D eigenvalue weighted by atomic mass is 32.2. The van der Waals surface area contributed by atoms with Crippen LogP contribution in [-0.4, -0.2) is 25.5 Å². The zero-order valence-electron chi connectivity index (χ0n) is 5.20. The van der Waals surface area contributed by atoms with E-state index >= 15 is 0 Å². The van der Waals surface area contributed by atoms with Gasteiger partial charge in [-0.3, -0.25) is 4.55 Å². The van der Waals surface area contributed by atoms with Crippen LogP contribution in [0.5, 0.6) is 0 Å². The lowest BCUT2D eigenvalue weighted by atomic mass is 10.5. The highest BCUT2D eigenvalue weighted by molar-refractivity contribution is 7.85. The summed E-state index contributed by atoms with van der Waals surface area (Å²) in [7, 11) is -3.92. The Morgan fingerprint density at radius 3 is 2.44 bits per heavy atom. The van der Waals surface area contributed by atoms with Gasteiger partial charge in [0.05, 0.1) is 0 Å². The molecule has 0 bridgehead atoms. The van der Waals surface area contributed by atoms with Crippen LogP contribution in [0.15, 0.2) is 0 Å². The maximum absolute atomic E-state index is 9.94. The van der Waals surface area contributed by atoms with E-state index in [-0.39, 0.29) is 0 Å². The average Bonchev–Trinajstić information content (AvgIpc) is 1.63. The molecule has 0 saturated heterocycles. The van der Waals surface area contributed by atoms with E-state index in [4.69, 9.17) is 4.55 Å². The Morgan fingerprint density at radius 1 is 1.56 bits per heavy atom. The van der Waals surface area contributed by atoms with Crippen molar-refractivity contribution in [3.63, 3.8) is 0 Å². The third-order valence-corrected chi connectivity index (χ3v) is 1.05. The molecule has 0 aliphatic rings. The molecule has 0 rings (SSSR count). The maximum Gasteiger partial charge on any atom is 0.289 e. The molecule has 0 spiro atoms. The van der Waals surface area contributed by atoms with Crippen molar-refractivity contribution in [2.24, 2.45) is 0 Å². The van der Waals surface area contributed by atoms with E-state index in [9.17, 15) is 8.42 Å². The molecule has 0 aromatic heterocycles. The minimum atomic E-state index is -3.92. The molecule has 4 nitrogen and oxygen atoms in total. The van der Waals surface area contributed by atoms with Crippen molar-refractivity contribution in [3.05, 3.63) is 0 Å². The van der Waals surface area contributed by atoms with Gasteiger partial charge in [0.15, 0.2) is 5.94 Å². The van der Waals surface area contributed by atoms with Gasteiger partial charge in [0.1, 0.15) is 0 Å². The molecule has 0 aliphatic carbocycles. The molecular weight excluding hydrogens is 144 g/mol. The summed E-state index contributed by atoms with van der Waals surface area (Å²) in [5.41, 5.74) is 0. The fraction of sp³-hybridized carbons (Fsp3) is 1.00. The molecule has 1 N–H and O–H groups in total. The van der Waals surface area contributed by atoms with Gasteiger partial charge in [0, 0.05) is 6.61 Å². The third kappa shape index (κ3) is 7.87. The van der Waals surface area contributed by atoms with Gasteiger partial charge in [-0.1, -0.05) is 6.92 Å². The van der Waals surface area contributed by atoms with Crippen molar-refractivity contribution in [2.75, 3.05) is 12.5 Å². The molecule has 0 saturated carbocycles. The second kappa shape index (κ2) is 3.81. The molecule has 0 radical (unpaired) electrons. The van der Waals surface area contributed by atoms with Gasteiger partial charge in [0.2, 0.25) is 0 Å². The van der Waals surface area contributed by atoms with E-state index < -0.39 is 16.1 Å². The minimum Gasteiger partial charge on any atom is -0.363 e. The number of rotatable bonds is 4. The van der Waals surface area contributed by atoms with E-state index in [2.05, 4.69) is 4.74 Å². The van der Waals surface area contributed by atoms with Crippen molar-refractivity contribution < 1.29 is 17.7 Å². The summed E-state index contributed by atoms with van der Waals surface area (Å²) in [5, 5.41) is 0. The molecule has 0 fully saturated rings. The van der Waals surface area contributed by atoms with Gasteiger partial charge >= 0.3 is 0 Å². The van der Waals surface area contributed by atoms with Crippen molar-refractivity contribution in [1.29, 1.82) is 0 Å². The highest BCUT2D eigenvalue weighted by Crippen LogP contribution is 1.85. The molecule has 0 aliphatic heterocycles. The minimum absolute atomic E-state index is 0.361. The summed E-state index contributed by atoms with van der Waals surface area (Å²) in [6.07, 6.45) is 0.746. The first-order valence-electron chi connectivity index (χ1n) is 2.59. The van der Waals surface area contributed by atoms with Crippen LogP contribution in [0.25, 0.3) is 0 Å². The summed E-state index contributed by atoms with van der Waals surface area (Å²) >= 11 is 0. The second-order valence-corrected chi connectivity index (χ2v) is 3.01. The Bertz CT molecular complexity index is 148. The quantitative estimate of drug-likeness (QED) is 0.466. The fourth-order valence-corrected chi connectivity index (χ4v) is 0.637. The molecular formula is C4H10O4S. The topological polar surface area (TPSA) is 63.6 Å². The largest absolute Gasteiger partial charge is 0.363 e. The van der Waals surface area contributed by atoms with Crippen molar-refractivity contribution in [3.8, 4) is 0 Å². The van der Waals surface area contributed by atoms with Gasteiger partial charge in [0.25, 0.3) is 10.1 Å². The van der Waals surface area contributed by atoms with Crippen LogP contribution in [0.4, 0.5) is 0 Å². The SMILES string of the molecule is CCCOCS(=O)(=O)O. The van der Waals surface area contributed by atoms with Crippen LogP contribution in [0.3, 0.4) is 0 Å². The maximum atomic E-state index is 9.94. The van der Waals surface area contributed by atoms with Crippen LogP contribution >= 0.6 is 0 Å².